The molecule has 1 aromatic rings. The van der Waals surface area contributed by atoms with Crippen LogP contribution in [0.2, 0.25) is 0 Å². The van der Waals surface area contributed by atoms with E-state index in [0.717, 1.165) is 15.6 Å². The average molecular weight is 284 g/mol. The molecule has 0 spiro atoms. The summed E-state index contributed by atoms with van der Waals surface area (Å²) < 4.78 is 0.936. The molecule has 0 atom stereocenters. The fourth-order valence-electron chi connectivity index (χ4n) is 1.59. The van der Waals surface area contributed by atoms with Crippen LogP contribution in [0.4, 0.5) is 0 Å². The molecule has 0 aliphatic carbocycles. The molecule has 1 amide bonds. The van der Waals surface area contributed by atoms with Crippen LogP contribution in [0.3, 0.4) is 0 Å². The quantitative estimate of drug-likeness (QED) is 0.773. The number of carbonyl (C=O) groups excluding carboxylic acids is 1. The van der Waals surface area contributed by atoms with Crippen molar-refractivity contribution >= 4 is 21.8 Å². The summed E-state index contributed by atoms with van der Waals surface area (Å²) >= 11 is 3.41. The van der Waals surface area contributed by atoms with Crippen LogP contribution in [0.5, 0.6) is 0 Å². The van der Waals surface area contributed by atoms with Crippen molar-refractivity contribution in [2.24, 2.45) is 0 Å². The normalized spacial score (nSPS) is 11.4. The van der Waals surface area contributed by atoms with E-state index in [1.54, 1.807) is 19.0 Å². The van der Waals surface area contributed by atoms with Gasteiger partial charge in [-0.05, 0) is 23.1 Å². The lowest BCUT2D eigenvalue weighted by Crippen LogP contribution is -2.26. The molecule has 1 aromatic carbocycles. The largest absolute Gasteiger partial charge is 0.345 e. The molecule has 0 fully saturated rings. The van der Waals surface area contributed by atoms with Crippen LogP contribution >= 0.6 is 15.9 Å². The predicted molar refractivity (Wildman–Crippen MR) is 70.9 cm³/mol. The summed E-state index contributed by atoms with van der Waals surface area (Å²) in [6.07, 6.45) is 0. The molecule has 1 rings (SSSR count). The Morgan fingerprint density at radius 2 is 1.81 bits per heavy atom. The molecule has 0 radical (unpaired) electrons. The Morgan fingerprint density at radius 3 is 2.25 bits per heavy atom. The molecule has 2 nitrogen and oxygen atoms in total. The molecule has 0 saturated carbocycles. The second-order valence-electron chi connectivity index (χ2n) is 5.14. The zero-order valence-corrected chi connectivity index (χ0v) is 12.1. The molecule has 3 heteroatoms. The lowest BCUT2D eigenvalue weighted by atomic mass is 9.83. The fraction of sp³-hybridized carbons (Fsp3) is 0.462. The van der Waals surface area contributed by atoms with Crippen LogP contribution in [-0.2, 0) is 5.41 Å². The van der Waals surface area contributed by atoms with Crippen LogP contribution in [0.15, 0.2) is 22.7 Å². The smallest absolute Gasteiger partial charge is 0.253 e. The third-order valence-electron chi connectivity index (χ3n) is 2.43. The second kappa shape index (κ2) is 4.58. The number of carbonyl (C=O) groups is 1. The molecule has 0 aliphatic heterocycles. The molecular weight excluding hydrogens is 266 g/mol. The van der Waals surface area contributed by atoms with Gasteiger partial charge in [-0.15, -0.1) is 0 Å². The Balaban J connectivity index is 3.35. The first-order chi connectivity index (χ1) is 7.23. The molecule has 0 saturated heterocycles. The van der Waals surface area contributed by atoms with Crippen molar-refractivity contribution in [3.8, 4) is 0 Å². The van der Waals surface area contributed by atoms with Gasteiger partial charge in [0.05, 0.1) is 0 Å². The average Bonchev–Trinajstić information content (AvgIpc) is 2.14. The monoisotopic (exact) mass is 283 g/mol. The van der Waals surface area contributed by atoms with E-state index in [-0.39, 0.29) is 11.3 Å². The Morgan fingerprint density at radius 1 is 1.25 bits per heavy atom. The summed E-state index contributed by atoms with van der Waals surface area (Å²) in [5.41, 5.74) is 1.82. The molecular formula is C13H18BrNO. The van der Waals surface area contributed by atoms with E-state index >= 15 is 0 Å². The number of nitrogens with zero attached hydrogens (tertiary/aromatic N) is 1. The standard InChI is InChI=1S/C13H18BrNO/c1-13(2,3)11-7-6-9(14)8-10(11)12(16)15(4)5/h6-8H,1-5H3. The number of halogens is 1. The lowest BCUT2D eigenvalue weighted by molar-refractivity contribution is 0.0825. The minimum Gasteiger partial charge on any atom is -0.345 e. The predicted octanol–water partition coefficient (Wildman–Crippen LogP) is 3.45. The second-order valence-corrected chi connectivity index (χ2v) is 6.06. The summed E-state index contributed by atoms with van der Waals surface area (Å²) in [6, 6.07) is 5.89. The van der Waals surface area contributed by atoms with Crippen molar-refractivity contribution in [1.29, 1.82) is 0 Å². The van der Waals surface area contributed by atoms with Crippen molar-refractivity contribution in [3.63, 3.8) is 0 Å². The van der Waals surface area contributed by atoms with Crippen molar-refractivity contribution in [2.45, 2.75) is 26.2 Å². The van der Waals surface area contributed by atoms with Crippen molar-refractivity contribution in [2.75, 3.05) is 14.1 Å². The maximum absolute atomic E-state index is 12.1. The third kappa shape index (κ3) is 2.85. The molecule has 16 heavy (non-hydrogen) atoms. The fourth-order valence-corrected chi connectivity index (χ4v) is 1.95. The highest BCUT2D eigenvalue weighted by atomic mass is 79.9. The van der Waals surface area contributed by atoms with E-state index in [2.05, 4.69) is 36.7 Å². The van der Waals surface area contributed by atoms with Gasteiger partial charge in [-0.3, -0.25) is 4.79 Å². The number of hydrogen-bond donors (Lipinski definition) is 0. The Kier molecular flexibility index (Phi) is 3.79. The first kappa shape index (κ1) is 13.2. The van der Waals surface area contributed by atoms with Crippen molar-refractivity contribution in [3.05, 3.63) is 33.8 Å². The molecule has 0 aliphatic rings. The SMILES string of the molecule is CN(C)C(=O)c1cc(Br)ccc1C(C)(C)C. The summed E-state index contributed by atoms with van der Waals surface area (Å²) in [5, 5.41) is 0. The van der Waals surface area contributed by atoms with E-state index < -0.39 is 0 Å². The van der Waals surface area contributed by atoms with Crippen molar-refractivity contribution in [1.82, 2.24) is 4.90 Å². The van der Waals surface area contributed by atoms with Gasteiger partial charge in [0, 0.05) is 24.1 Å². The highest BCUT2D eigenvalue weighted by Gasteiger charge is 2.22. The highest BCUT2D eigenvalue weighted by Crippen LogP contribution is 2.28. The summed E-state index contributed by atoms with van der Waals surface area (Å²) in [7, 11) is 3.55. The number of amides is 1. The number of benzene rings is 1. The zero-order valence-electron chi connectivity index (χ0n) is 10.5. The first-order valence-electron chi connectivity index (χ1n) is 5.25. The van der Waals surface area contributed by atoms with Gasteiger partial charge in [0.1, 0.15) is 0 Å². The van der Waals surface area contributed by atoms with E-state index in [4.69, 9.17) is 0 Å². The Hall–Kier alpha value is -0.830. The van der Waals surface area contributed by atoms with Crippen LogP contribution < -0.4 is 0 Å². The van der Waals surface area contributed by atoms with Gasteiger partial charge in [-0.2, -0.15) is 0 Å². The minimum absolute atomic E-state index is 0.0261. The molecule has 0 unspecified atom stereocenters. The number of rotatable bonds is 1. The van der Waals surface area contributed by atoms with E-state index in [1.165, 1.54) is 0 Å². The van der Waals surface area contributed by atoms with Crippen LogP contribution in [0.1, 0.15) is 36.7 Å². The van der Waals surface area contributed by atoms with Crippen LogP contribution in [0, 0.1) is 0 Å². The van der Waals surface area contributed by atoms with Gasteiger partial charge >= 0.3 is 0 Å². The molecule has 88 valence electrons. The van der Waals surface area contributed by atoms with E-state index in [0.29, 0.717) is 0 Å². The van der Waals surface area contributed by atoms with E-state index in [9.17, 15) is 4.79 Å². The minimum atomic E-state index is -0.0261. The van der Waals surface area contributed by atoms with Crippen molar-refractivity contribution < 1.29 is 4.79 Å². The maximum Gasteiger partial charge on any atom is 0.253 e. The highest BCUT2D eigenvalue weighted by molar-refractivity contribution is 9.10. The first-order valence-corrected chi connectivity index (χ1v) is 6.04. The molecule has 0 bridgehead atoms. The Labute approximate surface area is 106 Å². The molecule has 0 aromatic heterocycles. The van der Waals surface area contributed by atoms with Crippen LogP contribution in [-0.4, -0.2) is 24.9 Å². The molecule has 0 N–H and O–H groups in total. The third-order valence-corrected chi connectivity index (χ3v) is 2.92. The van der Waals surface area contributed by atoms with Gasteiger partial charge in [0.15, 0.2) is 0 Å². The zero-order chi connectivity index (χ0) is 12.5. The van der Waals surface area contributed by atoms with Gasteiger partial charge < -0.3 is 4.90 Å². The van der Waals surface area contributed by atoms with E-state index in [1.807, 2.05) is 18.2 Å². The topological polar surface area (TPSA) is 20.3 Å². The maximum atomic E-state index is 12.1. The van der Waals surface area contributed by atoms with Gasteiger partial charge in [-0.25, -0.2) is 0 Å². The summed E-state index contributed by atoms with van der Waals surface area (Å²) in [5.74, 6) is 0.0474. The molecule has 0 heterocycles. The van der Waals surface area contributed by atoms with Crippen LogP contribution in [0.25, 0.3) is 0 Å². The summed E-state index contributed by atoms with van der Waals surface area (Å²) in [4.78, 5) is 13.7. The number of hydrogen-bond acceptors (Lipinski definition) is 1. The summed E-state index contributed by atoms with van der Waals surface area (Å²) in [6.45, 7) is 6.34. The van der Waals surface area contributed by atoms with Gasteiger partial charge in [0.2, 0.25) is 0 Å². The van der Waals surface area contributed by atoms with Gasteiger partial charge in [0.25, 0.3) is 5.91 Å². The lowest BCUT2D eigenvalue weighted by Gasteiger charge is -2.24. The Bertz CT molecular complexity index is 405. The van der Waals surface area contributed by atoms with Gasteiger partial charge in [-0.1, -0.05) is 42.8 Å².